The number of tetrazole rings is 1. The molecule has 0 aliphatic rings. The zero-order valence-electron chi connectivity index (χ0n) is 22.0. The number of aromatic nitrogens is 7. The normalized spacial score (nSPS) is 11.9. The summed E-state index contributed by atoms with van der Waals surface area (Å²) in [6.07, 6.45) is 5.02. The first-order valence-electron chi connectivity index (χ1n) is 12.5. The Bertz CT molecular complexity index is 1710. The molecule has 1 amide bonds. The second-order valence-corrected chi connectivity index (χ2v) is 10.5. The molecule has 0 aliphatic carbocycles. The van der Waals surface area contributed by atoms with Crippen molar-refractivity contribution >= 4 is 52.5 Å². The summed E-state index contributed by atoms with van der Waals surface area (Å²) >= 11 is 14.1. The molecule has 212 valence electrons. The summed E-state index contributed by atoms with van der Waals surface area (Å²) in [4.78, 5) is 29.2. The molecule has 0 saturated heterocycles. The number of halogens is 2. The van der Waals surface area contributed by atoms with E-state index in [0.717, 1.165) is 16.8 Å². The van der Waals surface area contributed by atoms with Gasteiger partial charge in [0.15, 0.2) is 5.15 Å². The maximum atomic E-state index is 13.2. The smallest absolute Gasteiger partial charge is 0.309 e. The molecule has 1 N–H and O–H groups in total. The summed E-state index contributed by atoms with van der Waals surface area (Å²) in [5.74, 6) is -0.700. The van der Waals surface area contributed by atoms with E-state index in [1.807, 2.05) is 29.6 Å². The molecule has 0 aliphatic heterocycles. The molecule has 3 heterocycles. The number of nitrogens with zero attached hydrogens (tertiary/aromatic N) is 7. The number of carbonyl (C=O) groups excluding carboxylic acids is 2. The zero-order valence-corrected chi connectivity index (χ0v) is 24.3. The minimum atomic E-state index is -0.565. The van der Waals surface area contributed by atoms with Crippen LogP contribution < -0.4 is 5.32 Å². The standard InChI is InChI=1S/C28H22Cl2N8O3S/c1-41-27(40)10-17-2-4-18(5-3-17)22-13-24(34-35-28(22)30)23(12-21-14-42-16-31-21)33-26(39)9-6-19-11-20(29)7-8-25(19)38-15-32-36-37-38/h2-9,11,13-16,23H,10,12H2,1H3,(H,33,39)/b9-6+/t23-/m0/s1. The van der Waals surface area contributed by atoms with Crippen LogP contribution in [0.2, 0.25) is 10.2 Å². The Morgan fingerprint density at radius 3 is 2.67 bits per heavy atom. The fourth-order valence-electron chi connectivity index (χ4n) is 4.11. The van der Waals surface area contributed by atoms with Gasteiger partial charge in [0, 0.05) is 34.0 Å². The molecule has 0 radical (unpaired) electrons. The van der Waals surface area contributed by atoms with Crippen LogP contribution in [-0.4, -0.2) is 54.4 Å². The highest BCUT2D eigenvalue weighted by Gasteiger charge is 2.20. The first-order chi connectivity index (χ1) is 20.4. The average Bonchev–Trinajstić information content (AvgIpc) is 3.72. The van der Waals surface area contributed by atoms with Crippen LogP contribution >= 0.6 is 34.5 Å². The highest BCUT2D eigenvalue weighted by molar-refractivity contribution is 7.07. The monoisotopic (exact) mass is 620 g/mol. The SMILES string of the molecule is COC(=O)Cc1ccc(-c2cc([C@H](Cc3cscn3)NC(=O)/C=C/c3cc(Cl)ccc3-n3cnnn3)nnc2Cl)cc1. The Hall–Kier alpha value is -4.52. The Morgan fingerprint density at radius 1 is 1.12 bits per heavy atom. The van der Waals surface area contributed by atoms with Gasteiger partial charge in [0.05, 0.1) is 42.2 Å². The summed E-state index contributed by atoms with van der Waals surface area (Å²) in [5.41, 5.74) is 6.51. The number of esters is 1. The van der Waals surface area contributed by atoms with Crippen LogP contribution in [0.3, 0.4) is 0 Å². The maximum absolute atomic E-state index is 13.2. The summed E-state index contributed by atoms with van der Waals surface area (Å²) in [6, 6.07) is 13.7. The van der Waals surface area contributed by atoms with E-state index in [1.54, 1.807) is 35.9 Å². The molecule has 14 heteroatoms. The van der Waals surface area contributed by atoms with Gasteiger partial charge >= 0.3 is 5.97 Å². The number of nitrogens with one attached hydrogen (secondary N) is 1. The van der Waals surface area contributed by atoms with Crippen LogP contribution in [0.4, 0.5) is 0 Å². The van der Waals surface area contributed by atoms with Crippen molar-refractivity contribution in [2.75, 3.05) is 7.11 Å². The van der Waals surface area contributed by atoms with Crippen molar-refractivity contribution < 1.29 is 14.3 Å². The number of methoxy groups -OCH3 is 1. The minimum absolute atomic E-state index is 0.159. The molecule has 5 aromatic rings. The number of amides is 1. The van der Waals surface area contributed by atoms with E-state index < -0.39 is 6.04 Å². The van der Waals surface area contributed by atoms with Crippen LogP contribution in [0.5, 0.6) is 0 Å². The minimum Gasteiger partial charge on any atom is -0.469 e. The molecule has 3 aromatic heterocycles. The fourth-order valence-corrected chi connectivity index (χ4v) is 5.06. The Kier molecular flexibility index (Phi) is 9.27. The molecule has 0 fully saturated rings. The topological polar surface area (TPSA) is 138 Å². The molecule has 1 atom stereocenters. The molecule has 0 unspecified atom stereocenters. The highest BCUT2D eigenvalue weighted by atomic mass is 35.5. The Labute approximate surface area is 254 Å². The van der Waals surface area contributed by atoms with E-state index in [9.17, 15) is 9.59 Å². The lowest BCUT2D eigenvalue weighted by Gasteiger charge is -2.17. The molecular formula is C28H22Cl2N8O3S. The van der Waals surface area contributed by atoms with E-state index in [0.29, 0.717) is 34.0 Å². The zero-order chi connectivity index (χ0) is 29.5. The van der Waals surface area contributed by atoms with Crippen molar-refractivity contribution in [1.82, 2.24) is 40.7 Å². The van der Waals surface area contributed by atoms with Crippen molar-refractivity contribution in [3.63, 3.8) is 0 Å². The van der Waals surface area contributed by atoms with Gasteiger partial charge in [0.2, 0.25) is 5.91 Å². The quantitative estimate of drug-likeness (QED) is 0.174. The molecular weight excluding hydrogens is 599 g/mol. The molecule has 42 heavy (non-hydrogen) atoms. The van der Waals surface area contributed by atoms with Crippen LogP contribution in [0.15, 0.2) is 71.8 Å². The number of ether oxygens (including phenoxy) is 1. The van der Waals surface area contributed by atoms with Crippen molar-refractivity contribution in [1.29, 1.82) is 0 Å². The van der Waals surface area contributed by atoms with Gasteiger partial charge in [-0.15, -0.1) is 21.5 Å². The third-order valence-electron chi connectivity index (χ3n) is 6.18. The van der Waals surface area contributed by atoms with Crippen molar-refractivity contribution in [2.45, 2.75) is 18.9 Å². The molecule has 0 saturated carbocycles. The fraction of sp³-hybridized carbons (Fsp3) is 0.143. The molecule has 0 bridgehead atoms. The lowest BCUT2D eigenvalue weighted by molar-refractivity contribution is -0.139. The van der Waals surface area contributed by atoms with Gasteiger partial charge in [0.25, 0.3) is 0 Å². The molecule has 2 aromatic carbocycles. The van der Waals surface area contributed by atoms with Crippen LogP contribution in [-0.2, 0) is 27.2 Å². The predicted octanol–water partition coefficient (Wildman–Crippen LogP) is 4.71. The van der Waals surface area contributed by atoms with E-state index >= 15 is 0 Å². The maximum Gasteiger partial charge on any atom is 0.309 e. The van der Waals surface area contributed by atoms with E-state index in [2.05, 4.69) is 36.0 Å². The number of hydrogen-bond acceptors (Lipinski definition) is 10. The molecule has 5 rings (SSSR count). The largest absolute Gasteiger partial charge is 0.469 e. The summed E-state index contributed by atoms with van der Waals surface area (Å²) in [7, 11) is 1.35. The highest BCUT2D eigenvalue weighted by Crippen LogP contribution is 2.29. The number of benzene rings is 2. The van der Waals surface area contributed by atoms with Gasteiger partial charge in [-0.25, -0.2) is 4.98 Å². The van der Waals surface area contributed by atoms with E-state index in [-0.39, 0.29) is 23.5 Å². The lowest BCUT2D eigenvalue weighted by Crippen LogP contribution is -2.29. The van der Waals surface area contributed by atoms with Crippen molar-refractivity contribution in [3.05, 3.63) is 105 Å². The lowest BCUT2D eigenvalue weighted by atomic mass is 10.0. The van der Waals surface area contributed by atoms with Crippen molar-refractivity contribution in [3.8, 4) is 16.8 Å². The summed E-state index contributed by atoms with van der Waals surface area (Å²) in [6.45, 7) is 0. The second-order valence-electron chi connectivity index (χ2n) is 8.96. The van der Waals surface area contributed by atoms with Gasteiger partial charge in [-0.2, -0.15) is 9.78 Å². The second kappa shape index (κ2) is 13.4. The van der Waals surface area contributed by atoms with Crippen molar-refractivity contribution in [2.24, 2.45) is 0 Å². The number of thiazole rings is 1. The summed E-state index contributed by atoms with van der Waals surface area (Å²) < 4.78 is 6.22. The summed E-state index contributed by atoms with van der Waals surface area (Å²) in [5, 5.41) is 25.3. The van der Waals surface area contributed by atoms with Gasteiger partial charge in [0.1, 0.15) is 6.33 Å². The van der Waals surface area contributed by atoms with E-state index in [4.69, 9.17) is 27.9 Å². The first kappa shape index (κ1) is 29.0. The van der Waals surface area contributed by atoms with Crippen LogP contribution in [0, 0.1) is 0 Å². The average molecular weight is 622 g/mol. The third kappa shape index (κ3) is 7.21. The number of rotatable bonds is 10. The number of carbonyl (C=O) groups is 2. The van der Waals surface area contributed by atoms with Gasteiger partial charge in [-0.05, 0) is 51.9 Å². The molecule has 11 nitrogen and oxygen atoms in total. The number of hydrogen-bond donors (Lipinski definition) is 1. The van der Waals surface area contributed by atoms with E-state index in [1.165, 1.54) is 35.5 Å². The molecule has 0 spiro atoms. The predicted molar refractivity (Wildman–Crippen MR) is 158 cm³/mol. The Morgan fingerprint density at radius 2 is 1.95 bits per heavy atom. The van der Waals surface area contributed by atoms with Crippen LogP contribution in [0.1, 0.15) is 28.6 Å². The van der Waals surface area contributed by atoms with Gasteiger partial charge < -0.3 is 10.1 Å². The third-order valence-corrected chi connectivity index (χ3v) is 7.33. The van der Waals surface area contributed by atoms with Gasteiger partial charge in [-0.3, -0.25) is 9.59 Å². The Balaban J connectivity index is 1.40. The van der Waals surface area contributed by atoms with Gasteiger partial charge in [-0.1, -0.05) is 47.5 Å². The first-order valence-corrected chi connectivity index (χ1v) is 14.2. The van der Waals surface area contributed by atoms with Crippen LogP contribution in [0.25, 0.3) is 22.9 Å².